The molecule has 2 nitrogen and oxygen atoms in total. The fourth-order valence-electron chi connectivity index (χ4n) is 1.82. The zero-order chi connectivity index (χ0) is 12.3. The van der Waals surface area contributed by atoms with Gasteiger partial charge in [-0.3, -0.25) is 0 Å². The van der Waals surface area contributed by atoms with E-state index in [0.29, 0.717) is 12.5 Å². The van der Waals surface area contributed by atoms with Crippen LogP contribution in [0.1, 0.15) is 36.8 Å². The quantitative estimate of drug-likeness (QED) is 0.875. The molecule has 0 aliphatic carbocycles. The summed E-state index contributed by atoms with van der Waals surface area (Å²) < 4.78 is 1.10. The van der Waals surface area contributed by atoms with Gasteiger partial charge in [-0.2, -0.15) is 0 Å². The second kappa shape index (κ2) is 6.15. The van der Waals surface area contributed by atoms with Crippen molar-refractivity contribution in [3.05, 3.63) is 20.3 Å². The molecule has 1 aromatic heterocycles. The van der Waals surface area contributed by atoms with E-state index in [2.05, 4.69) is 29.8 Å². The normalized spacial score (nSPS) is 15.4. The van der Waals surface area contributed by atoms with Crippen molar-refractivity contribution in [2.75, 3.05) is 6.54 Å². The van der Waals surface area contributed by atoms with Gasteiger partial charge in [-0.15, -0.1) is 11.3 Å². The van der Waals surface area contributed by atoms with Crippen LogP contribution in [-0.4, -0.2) is 11.7 Å². The molecule has 0 aromatic carbocycles. The molecular formula is C12H20BrNOS. The van der Waals surface area contributed by atoms with Gasteiger partial charge in [-0.1, -0.05) is 13.8 Å². The Labute approximate surface area is 110 Å². The molecule has 3 N–H and O–H groups in total. The third-order valence-electron chi connectivity index (χ3n) is 2.69. The van der Waals surface area contributed by atoms with Gasteiger partial charge in [-0.25, -0.2) is 0 Å². The highest BCUT2D eigenvalue weighted by Crippen LogP contribution is 2.35. The number of aliphatic hydroxyl groups excluding tert-OH is 1. The van der Waals surface area contributed by atoms with Crippen LogP contribution >= 0.6 is 27.3 Å². The lowest BCUT2D eigenvalue weighted by Crippen LogP contribution is -2.23. The molecule has 0 saturated heterocycles. The Hall–Kier alpha value is 0.100. The lowest BCUT2D eigenvalue weighted by atomic mass is 9.91. The molecule has 4 heteroatoms. The number of nitrogens with two attached hydrogens (primary N) is 1. The van der Waals surface area contributed by atoms with Crippen molar-refractivity contribution in [2.45, 2.75) is 33.3 Å². The molecule has 0 aliphatic heterocycles. The molecular weight excluding hydrogens is 286 g/mol. The number of thiophene rings is 1. The van der Waals surface area contributed by atoms with Crippen LogP contribution in [-0.2, 0) is 0 Å². The number of hydrogen-bond donors (Lipinski definition) is 2. The van der Waals surface area contributed by atoms with Crippen LogP contribution in [0.3, 0.4) is 0 Å². The van der Waals surface area contributed by atoms with E-state index in [1.165, 1.54) is 5.56 Å². The predicted octanol–water partition coefficient (Wildman–Crippen LogP) is 3.47. The molecule has 0 aliphatic rings. The van der Waals surface area contributed by atoms with Gasteiger partial charge in [0.1, 0.15) is 0 Å². The predicted molar refractivity (Wildman–Crippen MR) is 73.7 cm³/mol. The van der Waals surface area contributed by atoms with Crippen LogP contribution in [0.25, 0.3) is 0 Å². The van der Waals surface area contributed by atoms with E-state index in [-0.39, 0.29) is 5.92 Å². The molecule has 2 atom stereocenters. The number of aliphatic hydroxyl groups is 1. The third-order valence-corrected chi connectivity index (χ3v) is 4.90. The summed E-state index contributed by atoms with van der Waals surface area (Å²) in [6.45, 7) is 6.89. The Morgan fingerprint density at radius 1 is 1.50 bits per heavy atom. The van der Waals surface area contributed by atoms with Crippen molar-refractivity contribution in [2.24, 2.45) is 17.6 Å². The molecule has 92 valence electrons. The molecule has 16 heavy (non-hydrogen) atoms. The van der Waals surface area contributed by atoms with Gasteiger partial charge in [0.05, 0.1) is 9.89 Å². The summed E-state index contributed by atoms with van der Waals surface area (Å²) in [5, 5.41) is 10.3. The largest absolute Gasteiger partial charge is 0.387 e. The number of hydrogen-bond acceptors (Lipinski definition) is 3. The average molecular weight is 306 g/mol. The summed E-state index contributed by atoms with van der Waals surface area (Å²) in [4.78, 5) is 1.01. The maximum Gasteiger partial charge on any atom is 0.0922 e. The van der Waals surface area contributed by atoms with Crippen molar-refractivity contribution in [1.29, 1.82) is 0 Å². The molecule has 0 fully saturated rings. The first-order valence-corrected chi connectivity index (χ1v) is 7.20. The summed E-state index contributed by atoms with van der Waals surface area (Å²) >= 11 is 5.09. The minimum Gasteiger partial charge on any atom is -0.387 e. The molecule has 1 rings (SSSR count). The van der Waals surface area contributed by atoms with Crippen LogP contribution < -0.4 is 5.73 Å². The molecule has 1 aromatic rings. The zero-order valence-corrected chi connectivity index (χ0v) is 12.4. The van der Waals surface area contributed by atoms with E-state index in [0.717, 1.165) is 15.1 Å². The highest BCUT2D eigenvalue weighted by molar-refractivity contribution is 9.11. The third kappa shape index (κ3) is 3.55. The molecule has 0 radical (unpaired) electrons. The second-order valence-electron chi connectivity index (χ2n) is 4.68. The van der Waals surface area contributed by atoms with Gasteiger partial charge in [0.15, 0.2) is 0 Å². The second-order valence-corrected chi connectivity index (χ2v) is 7.08. The lowest BCUT2D eigenvalue weighted by Gasteiger charge is -2.22. The van der Waals surface area contributed by atoms with Gasteiger partial charge < -0.3 is 10.8 Å². The fraction of sp³-hybridized carbons (Fsp3) is 0.667. The average Bonchev–Trinajstić information content (AvgIpc) is 2.54. The van der Waals surface area contributed by atoms with Crippen LogP contribution in [0.15, 0.2) is 9.85 Å². The highest BCUT2D eigenvalue weighted by Gasteiger charge is 2.22. The summed E-state index contributed by atoms with van der Waals surface area (Å²) in [6, 6.07) is 2.04. The van der Waals surface area contributed by atoms with Crippen LogP contribution in [0.2, 0.25) is 0 Å². The highest BCUT2D eigenvalue weighted by atomic mass is 79.9. The van der Waals surface area contributed by atoms with Crippen molar-refractivity contribution >= 4 is 27.3 Å². The van der Waals surface area contributed by atoms with Crippen molar-refractivity contribution in [1.82, 2.24) is 0 Å². The molecule has 0 saturated carbocycles. The van der Waals surface area contributed by atoms with E-state index in [4.69, 9.17) is 5.73 Å². The first kappa shape index (κ1) is 14.2. The Kier molecular flexibility index (Phi) is 5.44. The van der Waals surface area contributed by atoms with Gasteiger partial charge in [0.2, 0.25) is 0 Å². The van der Waals surface area contributed by atoms with Crippen molar-refractivity contribution in [3.8, 4) is 0 Å². The molecule has 0 amide bonds. The molecule has 2 unspecified atom stereocenters. The van der Waals surface area contributed by atoms with Gasteiger partial charge in [0.25, 0.3) is 0 Å². The summed E-state index contributed by atoms with van der Waals surface area (Å²) in [6.07, 6.45) is 0.536. The van der Waals surface area contributed by atoms with Crippen molar-refractivity contribution < 1.29 is 5.11 Å². The number of halogens is 1. The molecule has 0 spiro atoms. The Bertz CT molecular complexity index is 318. The fourth-order valence-corrected chi connectivity index (χ4v) is 3.47. The van der Waals surface area contributed by atoms with Gasteiger partial charge in [-0.05, 0) is 53.4 Å². The first-order chi connectivity index (χ1) is 7.45. The van der Waals surface area contributed by atoms with Crippen LogP contribution in [0.4, 0.5) is 0 Å². The van der Waals surface area contributed by atoms with E-state index in [9.17, 15) is 5.11 Å². The maximum absolute atomic E-state index is 10.3. The molecule has 1 heterocycles. The minimum absolute atomic E-state index is 0.157. The zero-order valence-electron chi connectivity index (χ0n) is 10.0. The van der Waals surface area contributed by atoms with Crippen LogP contribution in [0.5, 0.6) is 0 Å². The SMILES string of the molecule is Cc1cc(C(O)C(CN)CC(C)C)sc1Br. The van der Waals surface area contributed by atoms with Gasteiger partial charge in [0, 0.05) is 10.8 Å². The standard InChI is InChI=1S/C12H20BrNOS/c1-7(2)4-9(6-14)11(15)10-5-8(3)12(13)16-10/h5,7,9,11,15H,4,6,14H2,1-3H3. The number of rotatable bonds is 5. The smallest absolute Gasteiger partial charge is 0.0922 e. The summed E-state index contributed by atoms with van der Waals surface area (Å²) in [5.41, 5.74) is 6.92. The summed E-state index contributed by atoms with van der Waals surface area (Å²) in [5.74, 6) is 0.720. The van der Waals surface area contributed by atoms with E-state index < -0.39 is 6.10 Å². The van der Waals surface area contributed by atoms with E-state index in [1.54, 1.807) is 11.3 Å². The van der Waals surface area contributed by atoms with E-state index >= 15 is 0 Å². The van der Waals surface area contributed by atoms with E-state index in [1.807, 2.05) is 13.0 Å². The Morgan fingerprint density at radius 2 is 2.12 bits per heavy atom. The topological polar surface area (TPSA) is 46.2 Å². The molecule has 0 bridgehead atoms. The van der Waals surface area contributed by atoms with Gasteiger partial charge >= 0.3 is 0 Å². The first-order valence-electron chi connectivity index (χ1n) is 5.59. The van der Waals surface area contributed by atoms with Crippen molar-refractivity contribution in [3.63, 3.8) is 0 Å². The summed E-state index contributed by atoms with van der Waals surface area (Å²) in [7, 11) is 0. The Balaban J connectivity index is 2.78. The van der Waals surface area contributed by atoms with Crippen LogP contribution in [0, 0.1) is 18.8 Å². The minimum atomic E-state index is -0.428. The number of aryl methyl sites for hydroxylation is 1. The Morgan fingerprint density at radius 3 is 2.50 bits per heavy atom. The maximum atomic E-state index is 10.3. The monoisotopic (exact) mass is 305 g/mol. The lowest BCUT2D eigenvalue weighted by molar-refractivity contribution is 0.103.